The number of nitrogens with one attached hydrogen (secondary N) is 2. The van der Waals surface area contributed by atoms with Crippen molar-refractivity contribution in [3.63, 3.8) is 0 Å². The van der Waals surface area contributed by atoms with Crippen LogP contribution >= 0.6 is 15.9 Å². The van der Waals surface area contributed by atoms with Crippen molar-refractivity contribution in [1.29, 1.82) is 0 Å². The number of guanidine groups is 1. The summed E-state index contributed by atoms with van der Waals surface area (Å²) >= 11 is 3.41. The van der Waals surface area contributed by atoms with Crippen molar-refractivity contribution >= 4 is 21.9 Å². The largest absolute Gasteiger partial charge is 0.492 e. The Morgan fingerprint density at radius 3 is 2.83 bits per heavy atom. The number of rotatable bonds is 9. The second-order valence-electron chi connectivity index (χ2n) is 5.11. The standard InChI is InChI=1S/C17H24BrN5O/c1-2-19-17(20-9-3-12-23-13-4-10-22-23)21-11-14-24-16-7-5-15(18)6-8-16/h4-8,10,13H,2-3,9,11-12,14H2,1H3,(H2,19,20,21). The molecule has 0 unspecified atom stereocenters. The SMILES string of the molecule is CCNC(=NCCCn1cccn1)NCCOc1ccc(Br)cc1. The second kappa shape index (κ2) is 10.7. The van der Waals surface area contributed by atoms with E-state index < -0.39 is 0 Å². The summed E-state index contributed by atoms with van der Waals surface area (Å²) in [7, 11) is 0. The van der Waals surface area contributed by atoms with E-state index in [0.29, 0.717) is 13.2 Å². The quantitative estimate of drug-likeness (QED) is 0.390. The van der Waals surface area contributed by atoms with Crippen molar-refractivity contribution in [2.45, 2.75) is 19.9 Å². The highest BCUT2D eigenvalue weighted by molar-refractivity contribution is 9.10. The van der Waals surface area contributed by atoms with E-state index in [0.717, 1.165) is 42.2 Å². The normalized spacial score (nSPS) is 11.3. The molecule has 0 saturated carbocycles. The predicted molar refractivity (Wildman–Crippen MR) is 100 cm³/mol. The average Bonchev–Trinajstić information content (AvgIpc) is 3.10. The van der Waals surface area contributed by atoms with Gasteiger partial charge in [0.05, 0.1) is 6.54 Å². The molecule has 1 aromatic heterocycles. The lowest BCUT2D eigenvalue weighted by atomic mass is 10.3. The number of aryl methyl sites for hydroxylation is 1. The molecule has 130 valence electrons. The van der Waals surface area contributed by atoms with E-state index in [4.69, 9.17) is 4.74 Å². The Kier molecular flexibility index (Phi) is 8.17. The number of hydrogen-bond donors (Lipinski definition) is 2. The van der Waals surface area contributed by atoms with E-state index >= 15 is 0 Å². The molecule has 0 aliphatic rings. The summed E-state index contributed by atoms with van der Waals surface area (Å²) in [6.45, 7) is 5.80. The van der Waals surface area contributed by atoms with Crippen LogP contribution in [-0.4, -0.2) is 42.0 Å². The summed E-state index contributed by atoms with van der Waals surface area (Å²) in [6, 6.07) is 9.75. The smallest absolute Gasteiger partial charge is 0.191 e. The van der Waals surface area contributed by atoms with Gasteiger partial charge in [-0.1, -0.05) is 15.9 Å². The second-order valence-corrected chi connectivity index (χ2v) is 6.03. The zero-order valence-corrected chi connectivity index (χ0v) is 15.5. The molecule has 2 N–H and O–H groups in total. The molecule has 7 heteroatoms. The number of benzene rings is 1. The summed E-state index contributed by atoms with van der Waals surface area (Å²) in [5, 5.41) is 10.7. The van der Waals surface area contributed by atoms with Gasteiger partial charge in [-0.05, 0) is 43.7 Å². The molecule has 0 atom stereocenters. The minimum absolute atomic E-state index is 0.583. The summed E-state index contributed by atoms with van der Waals surface area (Å²) in [4.78, 5) is 4.56. The highest BCUT2D eigenvalue weighted by Gasteiger charge is 1.98. The van der Waals surface area contributed by atoms with Gasteiger partial charge in [-0.25, -0.2) is 0 Å². The summed E-state index contributed by atoms with van der Waals surface area (Å²) in [5.41, 5.74) is 0. The van der Waals surface area contributed by atoms with Gasteiger partial charge < -0.3 is 15.4 Å². The fraction of sp³-hybridized carbons (Fsp3) is 0.412. The van der Waals surface area contributed by atoms with E-state index in [9.17, 15) is 0 Å². The van der Waals surface area contributed by atoms with Crippen LogP contribution in [-0.2, 0) is 6.54 Å². The lowest BCUT2D eigenvalue weighted by Gasteiger charge is -2.12. The van der Waals surface area contributed by atoms with Crippen LogP contribution in [0.2, 0.25) is 0 Å². The third-order valence-corrected chi connectivity index (χ3v) is 3.72. The van der Waals surface area contributed by atoms with Gasteiger partial charge >= 0.3 is 0 Å². The molecule has 0 fully saturated rings. The maximum Gasteiger partial charge on any atom is 0.191 e. The zero-order chi connectivity index (χ0) is 17.0. The maximum atomic E-state index is 5.69. The molecule has 1 heterocycles. The third kappa shape index (κ3) is 7.04. The summed E-state index contributed by atoms with van der Waals surface area (Å²) < 4.78 is 8.65. The molecular formula is C17H24BrN5O. The summed E-state index contributed by atoms with van der Waals surface area (Å²) in [6.07, 6.45) is 4.71. The number of halogens is 1. The highest BCUT2D eigenvalue weighted by atomic mass is 79.9. The van der Waals surface area contributed by atoms with Crippen molar-refractivity contribution in [3.05, 3.63) is 47.2 Å². The molecule has 0 aliphatic carbocycles. The number of nitrogens with zero attached hydrogens (tertiary/aromatic N) is 3. The Hall–Kier alpha value is -2.02. The van der Waals surface area contributed by atoms with Gasteiger partial charge in [0, 0.05) is 36.5 Å². The molecule has 2 aromatic rings. The molecule has 2 rings (SSSR count). The first-order valence-corrected chi connectivity index (χ1v) is 8.95. The van der Waals surface area contributed by atoms with Crippen LogP contribution in [0.25, 0.3) is 0 Å². The Bertz CT molecular complexity index is 598. The Balaban J connectivity index is 1.65. The van der Waals surface area contributed by atoms with Crippen molar-refractivity contribution in [3.8, 4) is 5.75 Å². The van der Waals surface area contributed by atoms with Crippen LogP contribution in [0.5, 0.6) is 5.75 Å². The fourth-order valence-electron chi connectivity index (χ4n) is 2.07. The minimum Gasteiger partial charge on any atom is -0.492 e. The van der Waals surface area contributed by atoms with Crippen molar-refractivity contribution in [2.75, 3.05) is 26.2 Å². The van der Waals surface area contributed by atoms with Gasteiger partial charge in [0.15, 0.2) is 5.96 Å². The molecule has 0 aliphatic heterocycles. The van der Waals surface area contributed by atoms with Crippen molar-refractivity contribution < 1.29 is 4.74 Å². The van der Waals surface area contributed by atoms with Crippen LogP contribution in [0, 0.1) is 0 Å². The van der Waals surface area contributed by atoms with Crippen LogP contribution in [0.15, 0.2) is 52.2 Å². The molecule has 24 heavy (non-hydrogen) atoms. The summed E-state index contributed by atoms with van der Waals surface area (Å²) in [5.74, 6) is 1.68. The van der Waals surface area contributed by atoms with E-state index in [1.807, 2.05) is 41.2 Å². The average molecular weight is 394 g/mol. The minimum atomic E-state index is 0.583. The van der Waals surface area contributed by atoms with E-state index in [1.54, 1.807) is 6.20 Å². The topological polar surface area (TPSA) is 63.5 Å². The van der Waals surface area contributed by atoms with Gasteiger partial charge in [-0.3, -0.25) is 9.67 Å². The molecule has 1 aromatic carbocycles. The van der Waals surface area contributed by atoms with Crippen molar-refractivity contribution in [2.24, 2.45) is 4.99 Å². The molecule has 0 radical (unpaired) electrons. The molecule has 6 nitrogen and oxygen atoms in total. The van der Waals surface area contributed by atoms with E-state index in [-0.39, 0.29) is 0 Å². The first kappa shape index (κ1) is 18.3. The highest BCUT2D eigenvalue weighted by Crippen LogP contribution is 2.15. The Labute approximate surface area is 151 Å². The number of ether oxygens (including phenoxy) is 1. The van der Waals surface area contributed by atoms with Gasteiger partial charge in [-0.2, -0.15) is 5.10 Å². The number of aliphatic imine (C=N–C) groups is 1. The maximum absolute atomic E-state index is 5.69. The Morgan fingerprint density at radius 1 is 1.29 bits per heavy atom. The van der Waals surface area contributed by atoms with Crippen LogP contribution in [0.1, 0.15) is 13.3 Å². The third-order valence-electron chi connectivity index (χ3n) is 3.20. The lowest BCUT2D eigenvalue weighted by molar-refractivity contribution is 0.322. The molecule has 0 saturated heterocycles. The molecular weight excluding hydrogens is 370 g/mol. The van der Waals surface area contributed by atoms with Gasteiger partial charge in [-0.15, -0.1) is 0 Å². The monoisotopic (exact) mass is 393 g/mol. The van der Waals surface area contributed by atoms with Gasteiger partial charge in [0.25, 0.3) is 0 Å². The molecule has 0 amide bonds. The van der Waals surface area contributed by atoms with Gasteiger partial charge in [0.2, 0.25) is 0 Å². The Morgan fingerprint density at radius 2 is 2.12 bits per heavy atom. The molecule has 0 bridgehead atoms. The zero-order valence-electron chi connectivity index (χ0n) is 13.9. The molecule has 0 spiro atoms. The lowest BCUT2D eigenvalue weighted by Crippen LogP contribution is -2.39. The first-order valence-electron chi connectivity index (χ1n) is 8.16. The predicted octanol–water partition coefficient (Wildman–Crippen LogP) is 2.67. The number of hydrogen-bond acceptors (Lipinski definition) is 3. The van der Waals surface area contributed by atoms with Gasteiger partial charge in [0.1, 0.15) is 12.4 Å². The van der Waals surface area contributed by atoms with Crippen LogP contribution < -0.4 is 15.4 Å². The van der Waals surface area contributed by atoms with Crippen LogP contribution in [0.3, 0.4) is 0 Å². The van der Waals surface area contributed by atoms with E-state index in [1.165, 1.54) is 0 Å². The van der Waals surface area contributed by atoms with E-state index in [2.05, 4.69) is 43.6 Å². The number of aromatic nitrogens is 2. The first-order chi connectivity index (χ1) is 11.8. The fourth-order valence-corrected chi connectivity index (χ4v) is 2.33. The van der Waals surface area contributed by atoms with Crippen molar-refractivity contribution in [1.82, 2.24) is 20.4 Å². The van der Waals surface area contributed by atoms with Crippen LogP contribution in [0.4, 0.5) is 0 Å².